The number of carbonyl (C=O) groups excluding carboxylic acids is 1. The molecule has 0 aliphatic heterocycles. The Bertz CT molecular complexity index is 873. The number of rotatable bonds is 6. The monoisotopic (exact) mass is 382 g/mol. The van der Waals surface area contributed by atoms with E-state index in [2.05, 4.69) is 5.32 Å². The molecule has 1 amide bonds. The van der Waals surface area contributed by atoms with Crippen LogP contribution in [0.3, 0.4) is 0 Å². The van der Waals surface area contributed by atoms with E-state index in [0.717, 1.165) is 42.6 Å². The number of amides is 1. The van der Waals surface area contributed by atoms with E-state index in [1.165, 1.54) is 0 Å². The van der Waals surface area contributed by atoms with Gasteiger partial charge in [-0.05, 0) is 61.1 Å². The SMILES string of the molecule is COc1ccc(-c2ccc(C(=O)N[C@](C)(C(=O)O)C3CCCC3)c(N)c2)cc1. The molecular weight excluding hydrogens is 356 g/mol. The summed E-state index contributed by atoms with van der Waals surface area (Å²) in [6.07, 6.45) is 3.58. The molecule has 1 atom stereocenters. The van der Waals surface area contributed by atoms with Crippen molar-refractivity contribution in [2.45, 2.75) is 38.1 Å². The van der Waals surface area contributed by atoms with E-state index >= 15 is 0 Å². The molecule has 6 nitrogen and oxygen atoms in total. The molecule has 1 saturated carbocycles. The number of nitrogen functional groups attached to an aromatic ring is 1. The van der Waals surface area contributed by atoms with Crippen LogP contribution in [0.2, 0.25) is 0 Å². The van der Waals surface area contributed by atoms with Gasteiger partial charge in [0.2, 0.25) is 0 Å². The fourth-order valence-corrected chi connectivity index (χ4v) is 3.87. The predicted molar refractivity (Wildman–Crippen MR) is 108 cm³/mol. The minimum absolute atomic E-state index is 0.0752. The van der Waals surface area contributed by atoms with Gasteiger partial charge in [-0.1, -0.05) is 31.0 Å². The van der Waals surface area contributed by atoms with Crippen LogP contribution in [-0.4, -0.2) is 29.6 Å². The summed E-state index contributed by atoms with van der Waals surface area (Å²) < 4.78 is 5.16. The van der Waals surface area contributed by atoms with E-state index in [9.17, 15) is 14.7 Å². The minimum atomic E-state index is -1.30. The average Bonchev–Trinajstić information content (AvgIpc) is 3.23. The van der Waals surface area contributed by atoms with Crippen molar-refractivity contribution < 1.29 is 19.4 Å². The molecule has 1 aliphatic rings. The van der Waals surface area contributed by atoms with Gasteiger partial charge in [0.15, 0.2) is 0 Å². The summed E-state index contributed by atoms with van der Waals surface area (Å²) in [5, 5.41) is 12.5. The van der Waals surface area contributed by atoms with Gasteiger partial charge in [0, 0.05) is 5.69 Å². The molecule has 1 fully saturated rings. The fraction of sp³-hybridized carbons (Fsp3) is 0.364. The zero-order valence-electron chi connectivity index (χ0n) is 16.2. The Morgan fingerprint density at radius 3 is 2.25 bits per heavy atom. The lowest BCUT2D eigenvalue weighted by Crippen LogP contribution is -2.56. The Balaban J connectivity index is 1.82. The van der Waals surface area contributed by atoms with Crippen LogP contribution in [0.25, 0.3) is 11.1 Å². The number of aliphatic carboxylic acids is 1. The number of carboxylic acid groups (broad SMARTS) is 1. The average molecular weight is 382 g/mol. The second-order valence-electron chi connectivity index (χ2n) is 7.47. The van der Waals surface area contributed by atoms with Crippen LogP contribution < -0.4 is 15.8 Å². The molecule has 0 saturated heterocycles. The minimum Gasteiger partial charge on any atom is -0.497 e. The summed E-state index contributed by atoms with van der Waals surface area (Å²) in [5.74, 6) is -0.793. The molecule has 0 heterocycles. The third-order valence-electron chi connectivity index (χ3n) is 5.71. The first-order chi connectivity index (χ1) is 13.3. The molecule has 0 unspecified atom stereocenters. The van der Waals surface area contributed by atoms with Crippen LogP contribution in [0.4, 0.5) is 5.69 Å². The normalized spacial score (nSPS) is 16.4. The first-order valence-electron chi connectivity index (χ1n) is 9.45. The largest absolute Gasteiger partial charge is 0.497 e. The maximum absolute atomic E-state index is 12.8. The van der Waals surface area contributed by atoms with Crippen LogP contribution in [0.5, 0.6) is 5.75 Å². The van der Waals surface area contributed by atoms with Gasteiger partial charge in [-0.25, -0.2) is 4.79 Å². The van der Waals surface area contributed by atoms with Crippen molar-refractivity contribution in [1.29, 1.82) is 0 Å². The molecule has 0 radical (unpaired) electrons. The molecule has 28 heavy (non-hydrogen) atoms. The number of benzene rings is 2. The number of anilines is 1. The lowest BCUT2D eigenvalue weighted by Gasteiger charge is -2.32. The zero-order chi connectivity index (χ0) is 20.3. The number of hydrogen-bond acceptors (Lipinski definition) is 4. The third-order valence-corrected chi connectivity index (χ3v) is 5.71. The Hall–Kier alpha value is -3.02. The number of methoxy groups -OCH3 is 1. The van der Waals surface area contributed by atoms with Crippen molar-refractivity contribution in [3.63, 3.8) is 0 Å². The Morgan fingerprint density at radius 2 is 1.71 bits per heavy atom. The predicted octanol–water partition coefficient (Wildman–Crippen LogP) is 3.71. The molecule has 0 spiro atoms. The standard InChI is InChI=1S/C22H26N2O4/c1-22(21(26)27,16-5-3-4-6-16)24-20(25)18-12-9-15(13-19(18)23)14-7-10-17(28-2)11-8-14/h7-13,16H,3-6,23H2,1-2H3,(H,24,25)(H,26,27)/t22-/m0/s1. The number of carbonyl (C=O) groups is 2. The summed E-state index contributed by atoms with van der Waals surface area (Å²) in [6.45, 7) is 1.59. The second kappa shape index (κ2) is 7.92. The summed E-state index contributed by atoms with van der Waals surface area (Å²) in [6, 6.07) is 12.7. The van der Waals surface area contributed by atoms with Crippen LogP contribution in [0.1, 0.15) is 43.0 Å². The molecule has 148 valence electrons. The lowest BCUT2D eigenvalue weighted by atomic mass is 9.84. The van der Waals surface area contributed by atoms with Crippen molar-refractivity contribution >= 4 is 17.6 Å². The summed E-state index contributed by atoms with van der Waals surface area (Å²) >= 11 is 0. The van der Waals surface area contributed by atoms with Crippen LogP contribution in [0.15, 0.2) is 42.5 Å². The van der Waals surface area contributed by atoms with Gasteiger partial charge in [-0.2, -0.15) is 0 Å². The Labute approximate surface area is 164 Å². The van der Waals surface area contributed by atoms with Gasteiger partial charge in [0.25, 0.3) is 5.91 Å². The summed E-state index contributed by atoms with van der Waals surface area (Å²) in [7, 11) is 1.61. The maximum atomic E-state index is 12.8. The maximum Gasteiger partial charge on any atom is 0.329 e. The molecule has 6 heteroatoms. The van der Waals surface area contributed by atoms with Gasteiger partial charge < -0.3 is 20.9 Å². The topological polar surface area (TPSA) is 102 Å². The van der Waals surface area contributed by atoms with Gasteiger partial charge in [-0.3, -0.25) is 4.79 Å². The van der Waals surface area contributed by atoms with Crippen molar-refractivity contribution in [2.75, 3.05) is 12.8 Å². The quantitative estimate of drug-likeness (QED) is 0.661. The number of carboxylic acids is 1. The van der Waals surface area contributed by atoms with Gasteiger partial charge in [-0.15, -0.1) is 0 Å². The van der Waals surface area contributed by atoms with E-state index in [1.54, 1.807) is 32.2 Å². The molecule has 1 aliphatic carbocycles. The number of nitrogens with one attached hydrogen (secondary N) is 1. The van der Waals surface area contributed by atoms with E-state index in [1.807, 2.05) is 24.3 Å². The smallest absolute Gasteiger partial charge is 0.329 e. The lowest BCUT2D eigenvalue weighted by molar-refractivity contribution is -0.146. The van der Waals surface area contributed by atoms with Crippen molar-refractivity contribution in [1.82, 2.24) is 5.32 Å². The highest BCUT2D eigenvalue weighted by Crippen LogP contribution is 2.35. The van der Waals surface area contributed by atoms with Crippen molar-refractivity contribution in [3.8, 4) is 16.9 Å². The van der Waals surface area contributed by atoms with Crippen LogP contribution in [-0.2, 0) is 4.79 Å². The second-order valence-corrected chi connectivity index (χ2v) is 7.47. The summed E-state index contributed by atoms with van der Waals surface area (Å²) in [4.78, 5) is 24.7. The molecule has 0 aromatic heterocycles. The Morgan fingerprint density at radius 1 is 1.11 bits per heavy atom. The molecular formula is C22H26N2O4. The highest BCUT2D eigenvalue weighted by Gasteiger charge is 2.44. The molecule has 4 N–H and O–H groups in total. The van der Waals surface area contributed by atoms with Crippen LogP contribution in [0, 0.1) is 5.92 Å². The van der Waals surface area contributed by atoms with Crippen molar-refractivity contribution in [2.24, 2.45) is 5.92 Å². The molecule has 0 bridgehead atoms. The number of nitrogens with two attached hydrogens (primary N) is 1. The molecule has 3 rings (SSSR count). The Kier molecular flexibility index (Phi) is 5.58. The molecule has 2 aromatic carbocycles. The van der Waals surface area contributed by atoms with Gasteiger partial charge in [0.05, 0.1) is 12.7 Å². The first kappa shape index (κ1) is 19.7. The van der Waals surface area contributed by atoms with Gasteiger partial charge >= 0.3 is 5.97 Å². The highest BCUT2D eigenvalue weighted by molar-refractivity contribution is 6.02. The highest BCUT2D eigenvalue weighted by atomic mass is 16.5. The first-order valence-corrected chi connectivity index (χ1v) is 9.45. The van der Waals surface area contributed by atoms with Crippen LogP contribution >= 0.6 is 0 Å². The molecule has 2 aromatic rings. The van der Waals surface area contributed by atoms with E-state index in [-0.39, 0.29) is 11.5 Å². The number of hydrogen-bond donors (Lipinski definition) is 3. The summed E-state index contributed by atoms with van der Waals surface area (Å²) in [5.41, 5.74) is 7.24. The van der Waals surface area contributed by atoms with E-state index < -0.39 is 17.4 Å². The fourth-order valence-electron chi connectivity index (χ4n) is 3.87. The van der Waals surface area contributed by atoms with E-state index in [0.29, 0.717) is 5.69 Å². The third kappa shape index (κ3) is 3.81. The zero-order valence-corrected chi connectivity index (χ0v) is 16.2. The van der Waals surface area contributed by atoms with E-state index in [4.69, 9.17) is 10.5 Å². The number of ether oxygens (including phenoxy) is 1. The van der Waals surface area contributed by atoms with Crippen molar-refractivity contribution in [3.05, 3.63) is 48.0 Å². The van der Waals surface area contributed by atoms with Gasteiger partial charge in [0.1, 0.15) is 11.3 Å².